The second-order valence-electron chi connectivity index (χ2n) is 4.87. The standard InChI is InChI=1S/C15H16OS/c16-13-6-2-1-4-12(10-13)14-7-3-5-11-8-9-17-15(11)14/h3,5,7-9,12H,1-2,4,6,10H2. The number of hydrogen-bond donors (Lipinski definition) is 0. The number of carbonyl (C=O) groups is 1. The van der Waals surface area contributed by atoms with Crippen LogP contribution in [0.25, 0.3) is 10.1 Å². The van der Waals surface area contributed by atoms with Gasteiger partial charge in [-0.3, -0.25) is 4.79 Å². The first kappa shape index (κ1) is 11.0. The van der Waals surface area contributed by atoms with E-state index in [1.165, 1.54) is 28.5 Å². The zero-order valence-corrected chi connectivity index (χ0v) is 10.6. The van der Waals surface area contributed by atoms with Gasteiger partial charge in [0.25, 0.3) is 0 Å². The Balaban J connectivity index is 2.01. The van der Waals surface area contributed by atoms with Crippen molar-refractivity contribution in [2.45, 2.75) is 38.0 Å². The number of thiophene rings is 1. The van der Waals surface area contributed by atoms with Crippen molar-refractivity contribution in [2.75, 3.05) is 0 Å². The average molecular weight is 244 g/mol. The molecule has 0 saturated heterocycles. The fourth-order valence-corrected chi connectivity index (χ4v) is 3.79. The third-order valence-corrected chi connectivity index (χ3v) is 4.66. The van der Waals surface area contributed by atoms with Crippen LogP contribution < -0.4 is 0 Å². The number of ketones is 1. The monoisotopic (exact) mass is 244 g/mol. The zero-order chi connectivity index (χ0) is 11.7. The van der Waals surface area contributed by atoms with E-state index in [4.69, 9.17) is 0 Å². The number of benzene rings is 1. The first-order valence-corrected chi connectivity index (χ1v) is 7.20. The molecule has 1 aliphatic rings. The molecule has 3 rings (SSSR count). The summed E-state index contributed by atoms with van der Waals surface area (Å²) in [5.74, 6) is 0.897. The van der Waals surface area contributed by atoms with Gasteiger partial charge in [0.2, 0.25) is 0 Å². The largest absolute Gasteiger partial charge is 0.300 e. The molecule has 0 amide bonds. The van der Waals surface area contributed by atoms with Gasteiger partial charge in [0.15, 0.2) is 0 Å². The molecule has 1 unspecified atom stereocenters. The summed E-state index contributed by atoms with van der Waals surface area (Å²) in [6.45, 7) is 0. The van der Waals surface area contributed by atoms with Crippen LogP contribution in [0.5, 0.6) is 0 Å². The number of hydrogen-bond acceptors (Lipinski definition) is 2. The van der Waals surface area contributed by atoms with Crippen LogP contribution in [0.3, 0.4) is 0 Å². The van der Waals surface area contributed by atoms with Crippen molar-refractivity contribution in [2.24, 2.45) is 0 Å². The Hall–Kier alpha value is -1.15. The van der Waals surface area contributed by atoms with E-state index in [2.05, 4.69) is 29.6 Å². The molecule has 1 heterocycles. The molecule has 0 radical (unpaired) electrons. The third-order valence-electron chi connectivity index (χ3n) is 3.68. The van der Waals surface area contributed by atoms with Gasteiger partial charge >= 0.3 is 0 Å². The molecule has 1 fully saturated rings. The van der Waals surface area contributed by atoms with Crippen molar-refractivity contribution >= 4 is 27.2 Å². The van der Waals surface area contributed by atoms with Crippen LogP contribution in [-0.2, 0) is 4.79 Å². The quantitative estimate of drug-likeness (QED) is 0.674. The van der Waals surface area contributed by atoms with Crippen LogP contribution >= 0.6 is 11.3 Å². The van der Waals surface area contributed by atoms with E-state index in [0.29, 0.717) is 11.7 Å². The summed E-state index contributed by atoms with van der Waals surface area (Å²) in [6, 6.07) is 8.66. The van der Waals surface area contributed by atoms with E-state index in [1.54, 1.807) is 11.3 Å². The Labute approximate surface area is 105 Å². The van der Waals surface area contributed by atoms with E-state index in [9.17, 15) is 4.79 Å². The highest BCUT2D eigenvalue weighted by molar-refractivity contribution is 7.17. The molecule has 0 N–H and O–H groups in total. The van der Waals surface area contributed by atoms with Crippen molar-refractivity contribution in [3.8, 4) is 0 Å². The summed E-state index contributed by atoms with van der Waals surface area (Å²) in [5.41, 5.74) is 1.40. The van der Waals surface area contributed by atoms with Crippen LogP contribution in [-0.4, -0.2) is 5.78 Å². The maximum Gasteiger partial charge on any atom is 0.133 e. The molecular formula is C15H16OS. The maximum atomic E-state index is 11.7. The summed E-state index contributed by atoms with van der Waals surface area (Å²) in [5, 5.41) is 3.47. The van der Waals surface area contributed by atoms with E-state index in [-0.39, 0.29) is 0 Å². The molecule has 1 aromatic heterocycles. The molecule has 1 aromatic carbocycles. The van der Waals surface area contributed by atoms with Crippen LogP contribution in [0.2, 0.25) is 0 Å². The Morgan fingerprint density at radius 1 is 1.18 bits per heavy atom. The minimum absolute atomic E-state index is 0.445. The molecule has 1 aliphatic carbocycles. The molecule has 17 heavy (non-hydrogen) atoms. The van der Waals surface area contributed by atoms with Crippen molar-refractivity contribution < 1.29 is 4.79 Å². The van der Waals surface area contributed by atoms with Crippen molar-refractivity contribution in [1.82, 2.24) is 0 Å². The lowest BCUT2D eigenvalue weighted by Gasteiger charge is -2.14. The first-order valence-electron chi connectivity index (χ1n) is 6.32. The minimum Gasteiger partial charge on any atom is -0.300 e. The van der Waals surface area contributed by atoms with Crippen molar-refractivity contribution in [1.29, 1.82) is 0 Å². The van der Waals surface area contributed by atoms with Crippen LogP contribution in [0.15, 0.2) is 29.6 Å². The lowest BCUT2D eigenvalue weighted by Crippen LogP contribution is -2.03. The average Bonchev–Trinajstić information content (AvgIpc) is 2.71. The van der Waals surface area contributed by atoms with Gasteiger partial charge in [-0.1, -0.05) is 24.6 Å². The van der Waals surface area contributed by atoms with Gasteiger partial charge in [-0.2, -0.15) is 0 Å². The fraction of sp³-hybridized carbons (Fsp3) is 0.400. The van der Waals surface area contributed by atoms with Gasteiger partial charge in [0.05, 0.1) is 0 Å². The highest BCUT2D eigenvalue weighted by Crippen LogP contribution is 2.36. The minimum atomic E-state index is 0.445. The molecule has 0 bridgehead atoms. The Bertz CT molecular complexity index is 541. The van der Waals surface area contributed by atoms with Crippen molar-refractivity contribution in [3.05, 3.63) is 35.2 Å². The SMILES string of the molecule is O=C1CCCCC(c2cccc3ccsc23)C1. The van der Waals surface area contributed by atoms with Gasteiger partial charge < -0.3 is 0 Å². The molecule has 2 aromatic rings. The highest BCUT2D eigenvalue weighted by Gasteiger charge is 2.21. The third kappa shape index (κ3) is 2.14. The Kier molecular flexibility index (Phi) is 2.98. The smallest absolute Gasteiger partial charge is 0.133 e. The molecule has 1 nitrogen and oxygen atoms in total. The highest BCUT2D eigenvalue weighted by atomic mass is 32.1. The number of Topliss-reactive ketones (excluding diaryl/α,β-unsaturated/α-hetero) is 1. The number of fused-ring (bicyclic) bond motifs is 1. The van der Waals surface area contributed by atoms with Crippen LogP contribution in [0.4, 0.5) is 0 Å². The second kappa shape index (κ2) is 4.61. The molecular weight excluding hydrogens is 228 g/mol. The van der Waals surface area contributed by atoms with Crippen LogP contribution in [0.1, 0.15) is 43.6 Å². The van der Waals surface area contributed by atoms with Crippen molar-refractivity contribution in [3.63, 3.8) is 0 Å². The Morgan fingerprint density at radius 2 is 2.12 bits per heavy atom. The van der Waals surface area contributed by atoms with Gasteiger partial charge in [-0.05, 0) is 41.2 Å². The normalized spacial score (nSPS) is 21.6. The second-order valence-corrected chi connectivity index (χ2v) is 5.79. The lowest BCUT2D eigenvalue weighted by atomic mass is 9.91. The summed E-state index contributed by atoms with van der Waals surface area (Å²) < 4.78 is 1.38. The molecule has 2 heteroatoms. The molecule has 1 atom stereocenters. The predicted octanol–water partition coefficient (Wildman–Crippen LogP) is 4.52. The van der Waals surface area contributed by atoms with E-state index in [0.717, 1.165) is 19.3 Å². The van der Waals surface area contributed by atoms with Gasteiger partial charge in [-0.25, -0.2) is 0 Å². The maximum absolute atomic E-state index is 11.7. The van der Waals surface area contributed by atoms with Gasteiger partial charge in [0, 0.05) is 17.5 Å². The molecule has 1 saturated carbocycles. The summed E-state index contributed by atoms with van der Waals surface area (Å²) in [6.07, 6.45) is 4.98. The summed E-state index contributed by atoms with van der Waals surface area (Å²) >= 11 is 1.80. The number of rotatable bonds is 1. The van der Waals surface area contributed by atoms with Gasteiger partial charge in [0.1, 0.15) is 5.78 Å². The lowest BCUT2D eigenvalue weighted by molar-refractivity contribution is -0.119. The first-order chi connectivity index (χ1) is 8.34. The van der Waals surface area contributed by atoms with Crippen LogP contribution in [0, 0.1) is 0 Å². The molecule has 88 valence electrons. The Morgan fingerprint density at radius 3 is 3.06 bits per heavy atom. The summed E-state index contributed by atoms with van der Waals surface area (Å²) in [4.78, 5) is 11.7. The number of carbonyl (C=O) groups excluding carboxylic acids is 1. The topological polar surface area (TPSA) is 17.1 Å². The molecule has 0 spiro atoms. The van der Waals surface area contributed by atoms with E-state index < -0.39 is 0 Å². The summed E-state index contributed by atoms with van der Waals surface area (Å²) in [7, 11) is 0. The van der Waals surface area contributed by atoms with Gasteiger partial charge in [-0.15, -0.1) is 11.3 Å². The predicted molar refractivity (Wildman–Crippen MR) is 72.7 cm³/mol. The molecule has 0 aliphatic heterocycles. The van der Waals surface area contributed by atoms with E-state index >= 15 is 0 Å². The zero-order valence-electron chi connectivity index (χ0n) is 9.82. The fourth-order valence-electron chi connectivity index (χ4n) is 2.79. The van der Waals surface area contributed by atoms with E-state index in [1.807, 2.05) is 0 Å².